The molecule has 0 radical (unpaired) electrons. The lowest BCUT2D eigenvalue weighted by atomic mass is 10.1. The van der Waals surface area contributed by atoms with E-state index in [1.54, 1.807) is 30.1 Å². The quantitative estimate of drug-likeness (QED) is 0.893. The number of benzene rings is 2. The van der Waals surface area contributed by atoms with Crippen LogP contribution in [0.25, 0.3) is 0 Å². The molecular weight excluding hydrogens is 252 g/mol. The topological polar surface area (TPSA) is 66.6 Å². The summed E-state index contributed by atoms with van der Waals surface area (Å²) in [6, 6.07) is 15.5. The van der Waals surface area contributed by atoms with Crippen LogP contribution < -0.4 is 5.73 Å². The van der Waals surface area contributed by atoms with Gasteiger partial charge in [-0.25, -0.2) is 0 Å². The molecule has 1 atom stereocenters. The highest BCUT2D eigenvalue weighted by molar-refractivity contribution is 5.82. The Balaban J connectivity index is 2.05. The molecule has 0 heterocycles. The Morgan fingerprint density at radius 2 is 1.90 bits per heavy atom. The third-order valence-electron chi connectivity index (χ3n) is 3.13. The molecule has 0 aliphatic heterocycles. The van der Waals surface area contributed by atoms with Crippen LogP contribution in [0.3, 0.4) is 0 Å². The minimum absolute atomic E-state index is 0.153. The van der Waals surface area contributed by atoms with Crippen LogP contribution in [0.1, 0.15) is 17.2 Å². The van der Waals surface area contributed by atoms with E-state index < -0.39 is 6.04 Å². The van der Waals surface area contributed by atoms with Gasteiger partial charge in [-0.15, -0.1) is 0 Å². The van der Waals surface area contributed by atoms with Crippen LogP contribution in [0, 0.1) is 0 Å². The molecular formula is C16H18N2O2. The lowest BCUT2D eigenvalue weighted by Gasteiger charge is -2.21. The Kier molecular flexibility index (Phi) is 4.38. The number of phenols is 1. The number of carbonyl (C=O) groups excluding carboxylic acids is 1. The number of carbonyl (C=O) groups is 1. The van der Waals surface area contributed by atoms with E-state index in [-0.39, 0.29) is 11.7 Å². The average molecular weight is 270 g/mol. The molecule has 0 aromatic heterocycles. The molecule has 0 aliphatic carbocycles. The number of phenolic OH excluding ortho intramolecular Hbond substituents is 1. The Hall–Kier alpha value is -2.33. The second-order valence-electron chi connectivity index (χ2n) is 4.75. The maximum atomic E-state index is 12.3. The third kappa shape index (κ3) is 3.36. The minimum Gasteiger partial charge on any atom is -0.508 e. The van der Waals surface area contributed by atoms with Gasteiger partial charge in [0.1, 0.15) is 11.8 Å². The van der Waals surface area contributed by atoms with Crippen molar-refractivity contribution in [1.29, 1.82) is 0 Å². The molecule has 104 valence electrons. The van der Waals surface area contributed by atoms with Crippen molar-refractivity contribution in [1.82, 2.24) is 4.90 Å². The van der Waals surface area contributed by atoms with Crippen LogP contribution in [-0.2, 0) is 11.3 Å². The number of nitrogens with two attached hydrogens (primary N) is 1. The van der Waals surface area contributed by atoms with Gasteiger partial charge in [0, 0.05) is 13.6 Å². The summed E-state index contributed by atoms with van der Waals surface area (Å²) in [5.41, 5.74) is 7.64. The predicted octanol–water partition coefficient (Wildman–Crippen LogP) is 2.05. The number of hydrogen-bond donors (Lipinski definition) is 2. The van der Waals surface area contributed by atoms with E-state index in [4.69, 9.17) is 5.73 Å². The molecule has 0 spiro atoms. The highest BCUT2D eigenvalue weighted by atomic mass is 16.3. The number of aromatic hydroxyl groups is 1. The summed E-state index contributed by atoms with van der Waals surface area (Å²) < 4.78 is 0. The Morgan fingerprint density at radius 3 is 2.55 bits per heavy atom. The zero-order chi connectivity index (χ0) is 14.5. The van der Waals surface area contributed by atoms with Crippen molar-refractivity contribution >= 4 is 5.91 Å². The largest absolute Gasteiger partial charge is 0.508 e. The zero-order valence-corrected chi connectivity index (χ0v) is 11.4. The van der Waals surface area contributed by atoms with Gasteiger partial charge in [-0.05, 0) is 23.3 Å². The first-order valence-corrected chi connectivity index (χ1v) is 6.41. The predicted molar refractivity (Wildman–Crippen MR) is 78.0 cm³/mol. The van der Waals surface area contributed by atoms with Crippen LogP contribution in [0.5, 0.6) is 5.75 Å². The normalized spacial score (nSPS) is 11.9. The van der Waals surface area contributed by atoms with Crippen LogP contribution in [0.15, 0.2) is 54.6 Å². The van der Waals surface area contributed by atoms with Crippen molar-refractivity contribution in [3.63, 3.8) is 0 Å². The lowest BCUT2D eigenvalue weighted by molar-refractivity contribution is -0.131. The lowest BCUT2D eigenvalue weighted by Crippen LogP contribution is -2.35. The molecule has 2 rings (SSSR count). The highest BCUT2D eigenvalue weighted by Crippen LogP contribution is 2.16. The summed E-state index contributed by atoms with van der Waals surface area (Å²) >= 11 is 0. The maximum absolute atomic E-state index is 12.3. The number of amides is 1. The van der Waals surface area contributed by atoms with E-state index in [9.17, 15) is 9.90 Å². The standard InChI is InChI=1S/C16H18N2O2/c1-18(11-12-6-5-9-14(19)10-12)16(20)15(17)13-7-3-2-4-8-13/h2-10,15,19H,11,17H2,1H3/t15-/m1/s1. The molecule has 4 nitrogen and oxygen atoms in total. The highest BCUT2D eigenvalue weighted by Gasteiger charge is 2.19. The molecule has 3 N–H and O–H groups in total. The van der Waals surface area contributed by atoms with Gasteiger partial charge in [-0.2, -0.15) is 0 Å². The average Bonchev–Trinajstić information content (AvgIpc) is 2.46. The van der Waals surface area contributed by atoms with Crippen LogP contribution in [0.4, 0.5) is 0 Å². The van der Waals surface area contributed by atoms with Crippen molar-refractivity contribution in [3.8, 4) is 5.75 Å². The first-order valence-electron chi connectivity index (χ1n) is 6.41. The van der Waals surface area contributed by atoms with E-state index >= 15 is 0 Å². The van der Waals surface area contributed by atoms with Gasteiger partial charge >= 0.3 is 0 Å². The number of rotatable bonds is 4. The first-order chi connectivity index (χ1) is 9.58. The van der Waals surface area contributed by atoms with E-state index in [1.807, 2.05) is 36.4 Å². The van der Waals surface area contributed by atoms with E-state index in [2.05, 4.69) is 0 Å². The van der Waals surface area contributed by atoms with E-state index in [0.717, 1.165) is 11.1 Å². The summed E-state index contributed by atoms with van der Waals surface area (Å²) in [5.74, 6) is 0.0373. The van der Waals surface area contributed by atoms with Crippen LogP contribution >= 0.6 is 0 Å². The summed E-state index contributed by atoms with van der Waals surface area (Å²) in [4.78, 5) is 13.8. The van der Waals surface area contributed by atoms with Crippen molar-refractivity contribution < 1.29 is 9.90 Å². The molecule has 0 saturated carbocycles. The van der Waals surface area contributed by atoms with Crippen molar-refractivity contribution in [2.75, 3.05) is 7.05 Å². The van der Waals surface area contributed by atoms with Crippen molar-refractivity contribution in [3.05, 3.63) is 65.7 Å². The molecule has 0 aliphatic rings. The SMILES string of the molecule is CN(Cc1cccc(O)c1)C(=O)[C@H](N)c1ccccc1. The zero-order valence-electron chi connectivity index (χ0n) is 11.4. The fourth-order valence-corrected chi connectivity index (χ4v) is 2.05. The van der Waals surface area contributed by atoms with Gasteiger partial charge in [-0.1, -0.05) is 42.5 Å². The second kappa shape index (κ2) is 6.21. The molecule has 1 amide bonds. The Bertz CT molecular complexity index is 584. The Morgan fingerprint density at radius 1 is 1.20 bits per heavy atom. The van der Waals surface area contributed by atoms with E-state index in [0.29, 0.717) is 6.54 Å². The van der Waals surface area contributed by atoms with E-state index in [1.165, 1.54) is 0 Å². The monoisotopic (exact) mass is 270 g/mol. The van der Waals surface area contributed by atoms with Gasteiger partial charge in [0.2, 0.25) is 5.91 Å². The molecule has 0 fully saturated rings. The fraction of sp³-hybridized carbons (Fsp3) is 0.188. The second-order valence-corrected chi connectivity index (χ2v) is 4.75. The van der Waals surface area contributed by atoms with Gasteiger partial charge < -0.3 is 15.7 Å². The Labute approximate surface area is 118 Å². The van der Waals surface area contributed by atoms with Crippen LogP contribution in [0.2, 0.25) is 0 Å². The first kappa shape index (κ1) is 14.1. The van der Waals surface area contributed by atoms with Gasteiger partial charge in [0.05, 0.1) is 0 Å². The smallest absolute Gasteiger partial charge is 0.244 e. The molecule has 20 heavy (non-hydrogen) atoms. The number of nitrogens with zero attached hydrogens (tertiary/aromatic N) is 1. The fourth-order valence-electron chi connectivity index (χ4n) is 2.05. The summed E-state index contributed by atoms with van der Waals surface area (Å²) in [6.45, 7) is 0.410. The van der Waals surface area contributed by atoms with Gasteiger partial charge in [-0.3, -0.25) is 4.79 Å². The van der Waals surface area contributed by atoms with Crippen molar-refractivity contribution in [2.45, 2.75) is 12.6 Å². The number of hydrogen-bond acceptors (Lipinski definition) is 3. The minimum atomic E-state index is -0.668. The van der Waals surface area contributed by atoms with Crippen LogP contribution in [-0.4, -0.2) is 23.0 Å². The van der Waals surface area contributed by atoms with Gasteiger partial charge in [0.25, 0.3) is 0 Å². The van der Waals surface area contributed by atoms with Gasteiger partial charge in [0.15, 0.2) is 0 Å². The summed E-state index contributed by atoms with van der Waals surface area (Å²) in [7, 11) is 1.70. The number of likely N-dealkylation sites (N-methyl/N-ethyl adjacent to an activating group) is 1. The molecule has 4 heteroatoms. The maximum Gasteiger partial charge on any atom is 0.244 e. The molecule has 2 aromatic rings. The molecule has 2 aromatic carbocycles. The summed E-state index contributed by atoms with van der Waals surface area (Å²) in [5, 5.41) is 9.42. The molecule has 0 saturated heterocycles. The summed E-state index contributed by atoms with van der Waals surface area (Å²) in [6.07, 6.45) is 0. The van der Waals surface area contributed by atoms with Crippen molar-refractivity contribution in [2.24, 2.45) is 5.73 Å². The third-order valence-corrected chi connectivity index (χ3v) is 3.13. The molecule has 0 unspecified atom stereocenters. The molecule has 0 bridgehead atoms.